The largest absolute Gasteiger partial charge is 0.507 e. The van der Waals surface area contributed by atoms with Crippen LogP contribution < -0.4 is 0 Å². The van der Waals surface area contributed by atoms with E-state index in [4.69, 9.17) is 0 Å². The Balaban J connectivity index is 2.22. The number of aromatic hydroxyl groups is 1. The highest BCUT2D eigenvalue weighted by Crippen LogP contribution is 2.31. The lowest BCUT2D eigenvalue weighted by atomic mass is 10.1. The summed E-state index contributed by atoms with van der Waals surface area (Å²) in [6.45, 7) is 1.86. The van der Waals surface area contributed by atoms with Crippen LogP contribution in [0.25, 0.3) is 22.6 Å². The number of imidazole rings is 1. The van der Waals surface area contributed by atoms with E-state index in [0.717, 1.165) is 15.6 Å². The molecule has 0 amide bonds. The lowest BCUT2D eigenvalue weighted by Gasteiger charge is -2.03. The lowest BCUT2D eigenvalue weighted by molar-refractivity contribution is 0.473. The molecule has 0 saturated carbocycles. The number of aromatic nitrogens is 3. The van der Waals surface area contributed by atoms with Gasteiger partial charge in [0.05, 0.1) is 11.1 Å². The second-order valence-corrected chi connectivity index (χ2v) is 5.00. The number of para-hydroxylation sites is 1. The molecule has 0 aliphatic carbocycles. The van der Waals surface area contributed by atoms with E-state index in [-0.39, 0.29) is 5.75 Å². The summed E-state index contributed by atoms with van der Waals surface area (Å²) in [5.74, 6) is 0.868. The van der Waals surface area contributed by atoms with Crippen LogP contribution in [0.1, 0.15) is 5.56 Å². The molecular formula is C13H10BrN3O. The molecule has 90 valence electrons. The Morgan fingerprint density at radius 1 is 1.33 bits per heavy atom. The summed E-state index contributed by atoms with van der Waals surface area (Å²) in [6, 6.07) is 7.48. The van der Waals surface area contributed by atoms with Crippen LogP contribution >= 0.6 is 15.9 Å². The molecule has 3 rings (SSSR count). The van der Waals surface area contributed by atoms with Gasteiger partial charge in [-0.2, -0.15) is 0 Å². The highest BCUT2D eigenvalue weighted by molar-refractivity contribution is 9.10. The zero-order valence-electron chi connectivity index (χ0n) is 9.61. The number of nitrogens with zero attached hydrogens (tertiary/aromatic N) is 2. The van der Waals surface area contributed by atoms with E-state index >= 15 is 0 Å². The average Bonchev–Trinajstić information content (AvgIpc) is 2.75. The van der Waals surface area contributed by atoms with Gasteiger partial charge in [-0.1, -0.05) is 12.1 Å². The highest BCUT2D eigenvalue weighted by Gasteiger charge is 2.11. The molecule has 0 fully saturated rings. The number of fused-ring (bicyclic) bond motifs is 1. The zero-order chi connectivity index (χ0) is 12.7. The standard InChI is InChI=1S/C13H10BrN3O/c1-7-3-2-4-9(11(7)18)12-16-10-5-8(14)6-15-13(10)17-12/h2-6,18H,1H3,(H,15,16,17). The van der Waals surface area contributed by atoms with Gasteiger partial charge in [0.15, 0.2) is 5.65 Å². The number of phenols is 1. The molecule has 0 atom stereocenters. The summed E-state index contributed by atoms with van der Waals surface area (Å²) in [5, 5.41) is 10.0. The van der Waals surface area contributed by atoms with E-state index in [1.165, 1.54) is 0 Å². The average molecular weight is 304 g/mol. The Morgan fingerprint density at radius 3 is 3.00 bits per heavy atom. The maximum absolute atomic E-state index is 10.0. The first-order valence-electron chi connectivity index (χ1n) is 5.45. The number of rotatable bonds is 1. The molecule has 0 radical (unpaired) electrons. The number of aromatic amines is 1. The Bertz CT molecular complexity index is 736. The van der Waals surface area contributed by atoms with Crippen molar-refractivity contribution in [2.45, 2.75) is 6.92 Å². The minimum absolute atomic E-state index is 0.246. The number of hydrogen-bond donors (Lipinski definition) is 2. The molecule has 0 bridgehead atoms. The molecule has 0 spiro atoms. The van der Waals surface area contributed by atoms with Gasteiger partial charge in [0.2, 0.25) is 0 Å². The molecule has 0 aliphatic heterocycles. The number of hydrogen-bond acceptors (Lipinski definition) is 3. The first-order chi connectivity index (χ1) is 8.65. The van der Waals surface area contributed by atoms with Crippen molar-refractivity contribution in [1.29, 1.82) is 0 Å². The number of H-pyrrole nitrogens is 1. The number of halogens is 1. The summed E-state index contributed by atoms with van der Waals surface area (Å²) in [7, 11) is 0. The molecule has 0 unspecified atom stereocenters. The van der Waals surface area contributed by atoms with E-state index in [2.05, 4.69) is 30.9 Å². The number of nitrogens with one attached hydrogen (secondary N) is 1. The first kappa shape index (κ1) is 11.2. The predicted molar refractivity (Wildman–Crippen MR) is 73.4 cm³/mol. The molecule has 0 saturated heterocycles. The molecule has 2 heterocycles. The maximum Gasteiger partial charge on any atom is 0.178 e. The van der Waals surface area contributed by atoms with Gasteiger partial charge >= 0.3 is 0 Å². The van der Waals surface area contributed by atoms with Crippen LogP contribution in [0.3, 0.4) is 0 Å². The van der Waals surface area contributed by atoms with Crippen molar-refractivity contribution in [3.63, 3.8) is 0 Å². The van der Waals surface area contributed by atoms with E-state index in [1.807, 2.05) is 31.2 Å². The van der Waals surface area contributed by atoms with Crippen molar-refractivity contribution in [2.24, 2.45) is 0 Å². The molecule has 1 aromatic carbocycles. The van der Waals surface area contributed by atoms with E-state index in [0.29, 0.717) is 17.0 Å². The SMILES string of the molecule is Cc1cccc(-c2nc3ncc(Br)cc3[nH]2)c1O. The normalized spacial score (nSPS) is 11.0. The quantitative estimate of drug-likeness (QED) is 0.724. The van der Waals surface area contributed by atoms with E-state index in [1.54, 1.807) is 6.20 Å². The number of benzene rings is 1. The third kappa shape index (κ3) is 1.76. The molecule has 3 aromatic rings. The summed E-state index contributed by atoms with van der Waals surface area (Å²) in [5.41, 5.74) is 2.97. The fourth-order valence-electron chi connectivity index (χ4n) is 1.85. The molecule has 5 heteroatoms. The summed E-state index contributed by atoms with van der Waals surface area (Å²) < 4.78 is 0.888. The fourth-order valence-corrected chi connectivity index (χ4v) is 2.18. The number of phenolic OH excluding ortho intramolecular Hbond substituents is 1. The molecule has 4 nitrogen and oxygen atoms in total. The Hall–Kier alpha value is -1.88. The summed E-state index contributed by atoms with van der Waals surface area (Å²) >= 11 is 3.36. The third-order valence-electron chi connectivity index (χ3n) is 2.80. The van der Waals surface area contributed by atoms with Gasteiger partial charge in [0.1, 0.15) is 11.6 Å². The zero-order valence-corrected chi connectivity index (χ0v) is 11.2. The van der Waals surface area contributed by atoms with Gasteiger partial charge in [0, 0.05) is 10.7 Å². The van der Waals surface area contributed by atoms with Crippen LogP contribution in [0.4, 0.5) is 0 Å². The Kier molecular flexibility index (Phi) is 2.56. The first-order valence-corrected chi connectivity index (χ1v) is 6.24. The predicted octanol–water partition coefficient (Wildman–Crippen LogP) is 3.40. The van der Waals surface area contributed by atoms with Crippen LogP contribution in [-0.4, -0.2) is 20.1 Å². The second kappa shape index (κ2) is 4.10. The van der Waals surface area contributed by atoms with E-state index in [9.17, 15) is 5.11 Å². The molecule has 18 heavy (non-hydrogen) atoms. The topological polar surface area (TPSA) is 61.8 Å². The second-order valence-electron chi connectivity index (χ2n) is 4.08. The Labute approximate surface area is 112 Å². The van der Waals surface area contributed by atoms with Crippen molar-refractivity contribution in [3.05, 3.63) is 40.5 Å². The van der Waals surface area contributed by atoms with Gasteiger partial charge in [-0.15, -0.1) is 0 Å². The van der Waals surface area contributed by atoms with Crippen LogP contribution in [0.5, 0.6) is 5.75 Å². The molecule has 2 N–H and O–H groups in total. The van der Waals surface area contributed by atoms with Gasteiger partial charge in [-0.25, -0.2) is 9.97 Å². The van der Waals surface area contributed by atoms with Crippen molar-refractivity contribution in [2.75, 3.05) is 0 Å². The van der Waals surface area contributed by atoms with Gasteiger partial charge < -0.3 is 10.1 Å². The smallest absolute Gasteiger partial charge is 0.178 e. The van der Waals surface area contributed by atoms with Crippen molar-refractivity contribution in [3.8, 4) is 17.1 Å². The molecule has 2 aromatic heterocycles. The van der Waals surface area contributed by atoms with Gasteiger partial charge in [-0.3, -0.25) is 0 Å². The van der Waals surface area contributed by atoms with Crippen LogP contribution in [0, 0.1) is 6.92 Å². The minimum atomic E-state index is 0.246. The number of aryl methyl sites for hydroxylation is 1. The molecule has 0 aliphatic rings. The number of pyridine rings is 1. The highest BCUT2D eigenvalue weighted by atomic mass is 79.9. The Morgan fingerprint density at radius 2 is 2.17 bits per heavy atom. The van der Waals surface area contributed by atoms with Crippen LogP contribution in [-0.2, 0) is 0 Å². The lowest BCUT2D eigenvalue weighted by Crippen LogP contribution is -1.84. The van der Waals surface area contributed by atoms with Crippen molar-refractivity contribution < 1.29 is 5.11 Å². The van der Waals surface area contributed by atoms with Crippen LogP contribution in [0.2, 0.25) is 0 Å². The summed E-state index contributed by atoms with van der Waals surface area (Å²) in [6.07, 6.45) is 1.70. The van der Waals surface area contributed by atoms with Crippen molar-refractivity contribution >= 4 is 27.1 Å². The van der Waals surface area contributed by atoms with Crippen molar-refractivity contribution in [1.82, 2.24) is 15.0 Å². The van der Waals surface area contributed by atoms with Gasteiger partial charge in [-0.05, 0) is 40.5 Å². The monoisotopic (exact) mass is 303 g/mol. The minimum Gasteiger partial charge on any atom is -0.507 e. The molecular weight excluding hydrogens is 294 g/mol. The summed E-state index contributed by atoms with van der Waals surface area (Å²) in [4.78, 5) is 11.7. The van der Waals surface area contributed by atoms with E-state index < -0.39 is 0 Å². The maximum atomic E-state index is 10.0. The van der Waals surface area contributed by atoms with Gasteiger partial charge in [0.25, 0.3) is 0 Å². The van der Waals surface area contributed by atoms with Crippen LogP contribution in [0.15, 0.2) is 34.9 Å². The third-order valence-corrected chi connectivity index (χ3v) is 3.23. The fraction of sp³-hybridized carbons (Fsp3) is 0.0769.